The molecule has 17 heavy (non-hydrogen) atoms. The number of carbonyl (C=O) groups excluding carboxylic acids is 1. The van der Waals surface area contributed by atoms with Crippen molar-refractivity contribution in [1.29, 1.82) is 0 Å². The maximum Gasteiger partial charge on any atom is 0.325 e. The van der Waals surface area contributed by atoms with Gasteiger partial charge in [0.2, 0.25) is 0 Å². The van der Waals surface area contributed by atoms with Gasteiger partial charge in [0.05, 0.1) is 7.11 Å². The summed E-state index contributed by atoms with van der Waals surface area (Å²) in [5.74, 6) is -0.692. The minimum atomic E-state index is -0.839. The number of benzene rings is 1. The van der Waals surface area contributed by atoms with E-state index in [1.165, 1.54) is 13.2 Å². The highest BCUT2D eigenvalue weighted by Gasteiger charge is 2.27. The first-order valence-electron chi connectivity index (χ1n) is 5.14. The Morgan fingerprint density at radius 1 is 1.53 bits per heavy atom. The molecule has 1 aromatic carbocycles. The Bertz CT molecular complexity index is 421. The van der Waals surface area contributed by atoms with E-state index in [9.17, 15) is 9.18 Å². The molecule has 5 heteroatoms. The van der Waals surface area contributed by atoms with E-state index in [1.807, 2.05) is 0 Å². The summed E-state index contributed by atoms with van der Waals surface area (Å²) in [6.45, 7) is 3.65. The number of ether oxygens (including phenoxy) is 1. The van der Waals surface area contributed by atoms with Crippen molar-refractivity contribution in [2.24, 2.45) is 0 Å². The lowest BCUT2D eigenvalue weighted by atomic mass is 10.1. The molecule has 0 amide bonds. The van der Waals surface area contributed by atoms with Crippen molar-refractivity contribution in [1.82, 2.24) is 5.32 Å². The second kappa shape index (κ2) is 5.60. The van der Waals surface area contributed by atoms with Gasteiger partial charge >= 0.3 is 5.97 Å². The molecule has 0 heterocycles. The predicted molar refractivity (Wildman–Crippen MR) is 67.0 cm³/mol. The summed E-state index contributed by atoms with van der Waals surface area (Å²) in [5, 5.41) is 2.96. The van der Waals surface area contributed by atoms with Gasteiger partial charge in [0.15, 0.2) is 0 Å². The summed E-state index contributed by atoms with van der Waals surface area (Å²) >= 11 is 3.19. The molecule has 0 spiro atoms. The van der Waals surface area contributed by atoms with Gasteiger partial charge < -0.3 is 4.74 Å². The minimum absolute atomic E-state index is 0.265. The van der Waals surface area contributed by atoms with Crippen LogP contribution in [0.25, 0.3) is 0 Å². The zero-order valence-corrected chi connectivity index (χ0v) is 11.6. The molecule has 0 bridgehead atoms. The van der Waals surface area contributed by atoms with Crippen LogP contribution in [-0.2, 0) is 16.1 Å². The summed E-state index contributed by atoms with van der Waals surface area (Å²) in [7, 11) is 1.33. The number of hydrogen-bond donors (Lipinski definition) is 1. The van der Waals surface area contributed by atoms with Gasteiger partial charge in [0, 0.05) is 16.6 Å². The Morgan fingerprint density at radius 3 is 2.71 bits per heavy atom. The van der Waals surface area contributed by atoms with Crippen molar-refractivity contribution in [3.05, 3.63) is 34.1 Å². The first-order valence-corrected chi connectivity index (χ1v) is 5.93. The number of carbonyl (C=O) groups is 1. The molecular formula is C12H15BrFNO2. The van der Waals surface area contributed by atoms with E-state index >= 15 is 0 Å². The normalized spacial score (nSPS) is 11.4. The molecule has 94 valence electrons. The number of nitrogens with one attached hydrogen (secondary N) is 1. The summed E-state index contributed by atoms with van der Waals surface area (Å²) in [6.07, 6.45) is 0. The van der Waals surface area contributed by atoms with Crippen molar-refractivity contribution in [2.45, 2.75) is 25.9 Å². The van der Waals surface area contributed by atoms with E-state index in [0.717, 1.165) is 0 Å². The van der Waals surface area contributed by atoms with Crippen molar-refractivity contribution in [2.75, 3.05) is 7.11 Å². The van der Waals surface area contributed by atoms with Crippen LogP contribution in [0.5, 0.6) is 0 Å². The first-order chi connectivity index (χ1) is 7.86. The third-order valence-corrected chi connectivity index (χ3v) is 2.92. The van der Waals surface area contributed by atoms with E-state index < -0.39 is 5.54 Å². The molecule has 0 aliphatic rings. The Morgan fingerprint density at radius 2 is 2.18 bits per heavy atom. The van der Waals surface area contributed by atoms with Crippen molar-refractivity contribution < 1.29 is 13.9 Å². The Labute approximate surface area is 108 Å². The lowest BCUT2D eigenvalue weighted by Crippen LogP contribution is -2.47. The van der Waals surface area contributed by atoms with Gasteiger partial charge in [-0.1, -0.05) is 22.0 Å². The van der Waals surface area contributed by atoms with Crippen LogP contribution in [-0.4, -0.2) is 18.6 Å². The molecule has 0 saturated heterocycles. The first kappa shape index (κ1) is 14.1. The highest BCUT2D eigenvalue weighted by atomic mass is 79.9. The summed E-state index contributed by atoms with van der Waals surface area (Å²) in [4.78, 5) is 11.4. The smallest absolute Gasteiger partial charge is 0.325 e. The van der Waals surface area contributed by atoms with Crippen molar-refractivity contribution >= 4 is 21.9 Å². The van der Waals surface area contributed by atoms with E-state index in [0.29, 0.717) is 10.0 Å². The lowest BCUT2D eigenvalue weighted by Gasteiger charge is -2.23. The standard InChI is InChI=1S/C12H15BrFNO2/c1-12(2,11(16)17-3)15-7-8-4-5-9(13)6-10(8)14/h4-6,15H,7H2,1-3H3. The number of methoxy groups -OCH3 is 1. The molecule has 1 N–H and O–H groups in total. The van der Waals surface area contributed by atoms with Crippen molar-refractivity contribution in [3.63, 3.8) is 0 Å². The highest BCUT2D eigenvalue weighted by Crippen LogP contribution is 2.16. The second-order valence-electron chi connectivity index (χ2n) is 4.21. The molecule has 0 atom stereocenters. The van der Waals surface area contributed by atoms with Crippen LogP contribution in [0.4, 0.5) is 4.39 Å². The minimum Gasteiger partial charge on any atom is -0.468 e. The molecule has 1 aromatic rings. The van der Waals surface area contributed by atoms with Crippen LogP contribution in [0.15, 0.2) is 22.7 Å². The zero-order chi connectivity index (χ0) is 13.1. The molecule has 0 aliphatic heterocycles. The SMILES string of the molecule is COC(=O)C(C)(C)NCc1ccc(Br)cc1F. The lowest BCUT2D eigenvalue weighted by molar-refractivity contribution is -0.147. The monoisotopic (exact) mass is 303 g/mol. The average Bonchev–Trinajstić information content (AvgIpc) is 2.26. The molecular weight excluding hydrogens is 289 g/mol. The van der Waals surface area contributed by atoms with Crippen LogP contribution < -0.4 is 5.32 Å². The van der Waals surface area contributed by atoms with Crippen LogP contribution in [0.1, 0.15) is 19.4 Å². The Kier molecular flexibility index (Phi) is 4.65. The van der Waals surface area contributed by atoms with Gasteiger partial charge in [0.25, 0.3) is 0 Å². The Balaban J connectivity index is 2.70. The fourth-order valence-corrected chi connectivity index (χ4v) is 1.64. The molecule has 1 rings (SSSR count). The quantitative estimate of drug-likeness (QED) is 0.869. The second-order valence-corrected chi connectivity index (χ2v) is 5.12. The molecule has 0 aromatic heterocycles. The third kappa shape index (κ3) is 3.78. The van der Waals surface area contributed by atoms with Crippen LogP contribution in [0.2, 0.25) is 0 Å². The third-order valence-electron chi connectivity index (χ3n) is 2.43. The van der Waals surface area contributed by atoms with Crippen molar-refractivity contribution in [3.8, 4) is 0 Å². The van der Waals surface area contributed by atoms with Crippen LogP contribution in [0, 0.1) is 5.82 Å². The molecule has 0 aliphatic carbocycles. The van der Waals surface area contributed by atoms with Gasteiger partial charge in [0.1, 0.15) is 11.4 Å². The van der Waals surface area contributed by atoms with Crippen LogP contribution >= 0.6 is 15.9 Å². The number of halogens is 2. The largest absolute Gasteiger partial charge is 0.468 e. The Hall–Kier alpha value is -0.940. The van der Waals surface area contributed by atoms with E-state index in [4.69, 9.17) is 0 Å². The maximum atomic E-state index is 13.5. The topological polar surface area (TPSA) is 38.3 Å². The highest BCUT2D eigenvalue weighted by molar-refractivity contribution is 9.10. The fourth-order valence-electron chi connectivity index (χ4n) is 1.31. The molecule has 0 saturated carbocycles. The van der Waals surface area contributed by atoms with Gasteiger partial charge in [-0.25, -0.2) is 4.39 Å². The van der Waals surface area contributed by atoms with E-state index in [1.54, 1.807) is 26.0 Å². The van der Waals surface area contributed by atoms with Gasteiger partial charge in [-0.05, 0) is 26.0 Å². The summed E-state index contributed by atoms with van der Waals surface area (Å²) in [5.41, 5.74) is -0.334. The van der Waals surface area contributed by atoms with Gasteiger partial charge in [-0.15, -0.1) is 0 Å². The van der Waals surface area contributed by atoms with Crippen LogP contribution in [0.3, 0.4) is 0 Å². The van der Waals surface area contributed by atoms with Gasteiger partial charge in [-0.3, -0.25) is 10.1 Å². The van der Waals surface area contributed by atoms with E-state index in [2.05, 4.69) is 26.0 Å². The summed E-state index contributed by atoms with van der Waals surface area (Å²) in [6, 6.07) is 4.81. The zero-order valence-electron chi connectivity index (χ0n) is 10.0. The number of hydrogen-bond acceptors (Lipinski definition) is 3. The average molecular weight is 304 g/mol. The molecule has 0 radical (unpaired) electrons. The predicted octanol–water partition coefficient (Wildman–Crippen LogP) is 2.63. The van der Waals surface area contributed by atoms with E-state index in [-0.39, 0.29) is 18.3 Å². The maximum absolute atomic E-state index is 13.5. The molecule has 0 unspecified atom stereocenters. The summed E-state index contributed by atoms with van der Waals surface area (Å²) < 4.78 is 18.9. The number of rotatable bonds is 4. The fraction of sp³-hybridized carbons (Fsp3) is 0.417. The number of esters is 1. The van der Waals surface area contributed by atoms with Gasteiger partial charge in [-0.2, -0.15) is 0 Å². The molecule has 0 fully saturated rings. The molecule has 3 nitrogen and oxygen atoms in total.